The number of anilines is 1. The molecule has 3 nitrogen and oxygen atoms in total. The fraction of sp³-hybridized carbons (Fsp3) is 0.235. The molecule has 0 radical (unpaired) electrons. The molecular weight excluding hydrogens is 411 g/mol. The lowest BCUT2D eigenvalue weighted by molar-refractivity contribution is 0.0746. The second-order valence-electron chi connectivity index (χ2n) is 5.27. The van der Waals surface area contributed by atoms with Crippen molar-refractivity contribution in [1.29, 1.82) is 0 Å². The molecule has 5 heteroatoms. The molecule has 0 N–H and O–H groups in total. The minimum Gasteiger partial charge on any atom is -0.368 e. The van der Waals surface area contributed by atoms with Crippen molar-refractivity contribution >= 4 is 45.8 Å². The Morgan fingerprint density at radius 1 is 1.00 bits per heavy atom. The lowest BCUT2D eigenvalue weighted by atomic mass is 10.1. The van der Waals surface area contributed by atoms with E-state index in [2.05, 4.69) is 27.5 Å². The summed E-state index contributed by atoms with van der Waals surface area (Å²) in [6, 6.07) is 15.6. The average molecular weight is 427 g/mol. The average Bonchev–Trinajstić information content (AvgIpc) is 2.55. The number of nitrogens with zero attached hydrogens (tertiary/aromatic N) is 2. The Morgan fingerprint density at radius 3 is 2.32 bits per heavy atom. The summed E-state index contributed by atoms with van der Waals surface area (Å²) in [7, 11) is 0. The minimum absolute atomic E-state index is 0.120. The molecule has 1 amide bonds. The van der Waals surface area contributed by atoms with Crippen LogP contribution in [0.2, 0.25) is 5.02 Å². The third-order valence-electron chi connectivity index (χ3n) is 3.83. The maximum atomic E-state index is 12.5. The Labute approximate surface area is 149 Å². The van der Waals surface area contributed by atoms with Gasteiger partial charge >= 0.3 is 0 Å². The number of hydrogen-bond donors (Lipinski definition) is 0. The zero-order valence-corrected chi connectivity index (χ0v) is 14.9. The molecule has 0 aromatic heterocycles. The summed E-state index contributed by atoms with van der Waals surface area (Å²) in [6.07, 6.45) is 0. The van der Waals surface area contributed by atoms with Crippen molar-refractivity contribution in [3.63, 3.8) is 0 Å². The van der Waals surface area contributed by atoms with Gasteiger partial charge in [0.15, 0.2) is 0 Å². The normalized spacial score (nSPS) is 15.0. The van der Waals surface area contributed by atoms with E-state index in [1.807, 2.05) is 53.4 Å². The number of piperazine rings is 1. The molecule has 0 bridgehead atoms. The largest absolute Gasteiger partial charge is 0.368 e. The van der Waals surface area contributed by atoms with Crippen molar-refractivity contribution in [2.24, 2.45) is 0 Å². The van der Waals surface area contributed by atoms with E-state index in [1.54, 1.807) is 0 Å². The molecule has 0 aliphatic carbocycles. The lowest BCUT2D eigenvalue weighted by Crippen LogP contribution is -2.48. The van der Waals surface area contributed by atoms with Crippen LogP contribution in [-0.4, -0.2) is 37.0 Å². The summed E-state index contributed by atoms with van der Waals surface area (Å²) in [6.45, 7) is 3.18. The van der Waals surface area contributed by atoms with Crippen molar-refractivity contribution in [2.45, 2.75) is 0 Å². The highest BCUT2D eigenvalue weighted by Gasteiger charge is 2.22. The number of benzene rings is 2. The number of halogens is 2. The smallest absolute Gasteiger partial charge is 0.254 e. The molecule has 1 heterocycles. The first-order valence-corrected chi connectivity index (χ1v) is 8.64. The van der Waals surface area contributed by atoms with Crippen molar-refractivity contribution in [3.8, 4) is 0 Å². The molecule has 3 rings (SSSR count). The second-order valence-corrected chi connectivity index (χ2v) is 6.95. The zero-order valence-electron chi connectivity index (χ0n) is 12.0. The molecule has 22 heavy (non-hydrogen) atoms. The van der Waals surface area contributed by atoms with Gasteiger partial charge in [-0.05, 0) is 65.1 Å². The Bertz CT molecular complexity index is 667. The standard InChI is InChI=1S/C17H16ClIN2O/c18-14-4-6-16(7-5-14)20-8-10-21(11-9-20)17(22)13-2-1-3-15(19)12-13/h1-7,12H,8-11H2. The summed E-state index contributed by atoms with van der Waals surface area (Å²) in [5.74, 6) is 0.120. The van der Waals surface area contributed by atoms with Crippen LogP contribution >= 0.6 is 34.2 Å². The quantitative estimate of drug-likeness (QED) is 0.680. The second kappa shape index (κ2) is 6.87. The molecule has 1 aliphatic rings. The van der Waals surface area contributed by atoms with Gasteiger partial charge in [0.2, 0.25) is 0 Å². The molecule has 114 valence electrons. The number of amides is 1. The zero-order chi connectivity index (χ0) is 15.5. The van der Waals surface area contributed by atoms with Crippen LogP contribution in [-0.2, 0) is 0 Å². The van der Waals surface area contributed by atoms with Crippen LogP contribution in [0.15, 0.2) is 48.5 Å². The number of carbonyl (C=O) groups excluding carboxylic acids is 1. The SMILES string of the molecule is O=C(c1cccc(I)c1)N1CCN(c2ccc(Cl)cc2)CC1. The highest BCUT2D eigenvalue weighted by atomic mass is 127. The van der Waals surface area contributed by atoms with Gasteiger partial charge in [-0.3, -0.25) is 4.79 Å². The van der Waals surface area contributed by atoms with E-state index in [1.165, 1.54) is 0 Å². The summed E-state index contributed by atoms with van der Waals surface area (Å²) in [5.41, 5.74) is 1.93. The molecule has 2 aromatic rings. The van der Waals surface area contributed by atoms with E-state index in [4.69, 9.17) is 11.6 Å². The fourth-order valence-electron chi connectivity index (χ4n) is 2.62. The molecular formula is C17H16ClIN2O. The van der Waals surface area contributed by atoms with Gasteiger partial charge in [0.1, 0.15) is 0 Å². The maximum absolute atomic E-state index is 12.5. The van der Waals surface area contributed by atoms with Crippen LogP contribution in [0.1, 0.15) is 10.4 Å². The summed E-state index contributed by atoms with van der Waals surface area (Å²) in [5, 5.41) is 0.747. The highest BCUT2D eigenvalue weighted by molar-refractivity contribution is 14.1. The summed E-state index contributed by atoms with van der Waals surface area (Å²) >= 11 is 8.16. The monoisotopic (exact) mass is 426 g/mol. The molecule has 2 aromatic carbocycles. The van der Waals surface area contributed by atoms with Gasteiger partial charge in [-0.2, -0.15) is 0 Å². The molecule has 0 spiro atoms. The van der Waals surface area contributed by atoms with Crippen LogP contribution in [0, 0.1) is 3.57 Å². The van der Waals surface area contributed by atoms with Crippen molar-refractivity contribution < 1.29 is 4.79 Å². The molecule has 1 fully saturated rings. The van der Waals surface area contributed by atoms with Crippen molar-refractivity contribution in [3.05, 3.63) is 62.7 Å². The Hall–Kier alpha value is -1.27. The number of carbonyl (C=O) groups is 1. The Balaban J connectivity index is 1.64. The molecule has 0 saturated carbocycles. The summed E-state index contributed by atoms with van der Waals surface area (Å²) in [4.78, 5) is 16.7. The Kier molecular flexibility index (Phi) is 4.88. The molecule has 1 aliphatic heterocycles. The van der Waals surface area contributed by atoms with Gasteiger partial charge in [-0.1, -0.05) is 17.7 Å². The van der Waals surface area contributed by atoms with Crippen LogP contribution in [0.5, 0.6) is 0 Å². The van der Waals surface area contributed by atoms with Crippen molar-refractivity contribution in [1.82, 2.24) is 4.90 Å². The van der Waals surface area contributed by atoms with Gasteiger partial charge in [-0.25, -0.2) is 0 Å². The van der Waals surface area contributed by atoms with Crippen LogP contribution in [0.4, 0.5) is 5.69 Å². The van der Waals surface area contributed by atoms with E-state index in [9.17, 15) is 4.79 Å². The Morgan fingerprint density at radius 2 is 1.68 bits per heavy atom. The number of rotatable bonds is 2. The highest BCUT2D eigenvalue weighted by Crippen LogP contribution is 2.20. The van der Waals surface area contributed by atoms with E-state index >= 15 is 0 Å². The summed E-state index contributed by atoms with van der Waals surface area (Å²) < 4.78 is 1.09. The van der Waals surface area contributed by atoms with E-state index < -0.39 is 0 Å². The first-order chi connectivity index (χ1) is 10.6. The van der Waals surface area contributed by atoms with Gasteiger partial charge in [0, 0.05) is 46.0 Å². The first kappa shape index (κ1) is 15.6. The molecule has 0 unspecified atom stereocenters. The third-order valence-corrected chi connectivity index (χ3v) is 4.75. The van der Waals surface area contributed by atoms with Gasteiger partial charge in [-0.15, -0.1) is 0 Å². The minimum atomic E-state index is 0.120. The van der Waals surface area contributed by atoms with Crippen LogP contribution in [0.3, 0.4) is 0 Å². The number of hydrogen-bond acceptors (Lipinski definition) is 2. The van der Waals surface area contributed by atoms with Gasteiger partial charge < -0.3 is 9.80 Å². The topological polar surface area (TPSA) is 23.6 Å². The lowest BCUT2D eigenvalue weighted by Gasteiger charge is -2.36. The van der Waals surface area contributed by atoms with E-state index in [-0.39, 0.29) is 5.91 Å². The fourth-order valence-corrected chi connectivity index (χ4v) is 3.29. The van der Waals surface area contributed by atoms with Gasteiger partial charge in [0.05, 0.1) is 0 Å². The van der Waals surface area contributed by atoms with Gasteiger partial charge in [0.25, 0.3) is 5.91 Å². The predicted molar refractivity (Wildman–Crippen MR) is 98.7 cm³/mol. The molecule has 0 atom stereocenters. The first-order valence-electron chi connectivity index (χ1n) is 7.19. The third kappa shape index (κ3) is 3.55. The predicted octanol–water partition coefficient (Wildman–Crippen LogP) is 3.91. The van der Waals surface area contributed by atoms with Crippen LogP contribution in [0.25, 0.3) is 0 Å². The maximum Gasteiger partial charge on any atom is 0.254 e. The van der Waals surface area contributed by atoms with E-state index in [0.29, 0.717) is 0 Å². The van der Waals surface area contributed by atoms with Crippen LogP contribution < -0.4 is 4.90 Å². The molecule has 1 saturated heterocycles. The van der Waals surface area contributed by atoms with Crippen molar-refractivity contribution in [2.75, 3.05) is 31.1 Å². The van der Waals surface area contributed by atoms with E-state index in [0.717, 1.165) is 46.0 Å².